The van der Waals surface area contributed by atoms with Crippen LogP contribution in [0.25, 0.3) is 0 Å². The highest BCUT2D eigenvalue weighted by atomic mass is 16.3. The Morgan fingerprint density at radius 2 is 2.06 bits per heavy atom. The predicted octanol–water partition coefficient (Wildman–Crippen LogP) is 1.48. The van der Waals surface area contributed by atoms with E-state index in [4.69, 9.17) is 5.73 Å². The average molecular weight is 236 g/mol. The number of nitrogens with zero attached hydrogens (tertiary/aromatic N) is 1. The van der Waals surface area contributed by atoms with Crippen molar-refractivity contribution in [3.05, 3.63) is 29.8 Å². The molecule has 0 aliphatic heterocycles. The molecule has 1 amide bonds. The lowest BCUT2D eigenvalue weighted by Gasteiger charge is -2.17. The summed E-state index contributed by atoms with van der Waals surface area (Å²) in [5, 5.41) is 9.60. The largest absolute Gasteiger partial charge is 0.508 e. The van der Waals surface area contributed by atoms with Crippen molar-refractivity contribution >= 4 is 5.91 Å². The number of hydrogen-bond acceptors (Lipinski definition) is 3. The lowest BCUT2D eigenvalue weighted by atomic mass is 10.1. The summed E-state index contributed by atoms with van der Waals surface area (Å²) in [5.74, 6) is 0.316. The third kappa shape index (κ3) is 4.44. The van der Waals surface area contributed by atoms with Gasteiger partial charge in [0.2, 0.25) is 5.91 Å². The molecule has 1 aromatic carbocycles. The fourth-order valence-corrected chi connectivity index (χ4v) is 1.60. The molecule has 0 saturated carbocycles. The van der Waals surface area contributed by atoms with Crippen LogP contribution >= 0.6 is 0 Å². The first-order valence-electron chi connectivity index (χ1n) is 5.86. The quantitative estimate of drug-likeness (QED) is 0.735. The second-order valence-electron chi connectivity index (χ2n) is 4.12. The number of unbranched alkanes of at least 4 members (excludes halogenated alkanes) is 1. The van der Waals surface area contributed by atoms with Crippen molar-refractivity contribution in [3.8, 4) is 5.75 Å². The Balaban J connectivity index is 2.46. The molecule has 0 aromatic heterocycles. The zero-order chi connectivity index (χ0) is 12.7. The van der Waals surface area contributed by atoms with Gasteiger partial charge in [-0.1, -0.05) is 18.2 Å². The van der Waals surface area contributed by atoms with Gasteiger partial charge in [0.15, 0.2) is 0 Å². The highest BCUT2D eigenvalue weighted by Gasteiger charge is 2.10. The van der Waals surface area contributed by atoms with Crippen LogP contribution in [0.2, 0.25) is 0 Å². The first-order valence-corrected chi connectivity index (χ1v) is 5.86. The van der Waals surface area contributed by atoms with Crippen LogP contribution < -0.4 is 5.73 Å². The molecule has 4 heteroatoms. The average Bonchev–Trinajstić information content (AvgIpc) is 2.32. The zero-order valence-electron chi connectivity index (χ0n) is 10.2. The monoisotopic (exact) mass is 236 g/mol. The molecule has 0 aliphatic carbocycles. The number of carbonyl (C=O) groups is 1. The summed E-state index contributed by atoms with van der Waals surface area (Å²) < 4.78 is 0. The Morgan fingerprint density at radius 3 is 2.71 bits per heavy atom. The highest BCUT2D eigenvalue weighted by Crippen LogP contribution is 2.17. The van der Waals surface area contributed by atoms with Crippen molar-refractivity contribution in [1.29, 1.82) is 0 Å². The van der Waals surface area contributed by atoms with Crippen molar-refractivity contribution in [3.63, 3.8) is 0 Å². The topological polar surface area (TPSA) is 66.6 Å². The molecule has 0 saturated heterocycles. The normalized spacial score (nSPS) is 10.2. The number of rotatable bonds is 6. The molecule has 0 unspecified atom stereocenters. The number of benzene rings is 1. The van der Waals surface area contributed by atoms with Crippen LogP contribution in [0.15, 0.2) is 24.3 Å². The second kappa shape index (κ2) is 6.91. The molecule has 3 N–H and O–H groups in total. The standard InChI is InChI=1S/C13H20N2O2/c1-15(13(17)8-4-5-9-14)10-11-6-2-3-7-12(11)16/h2-3,6-7,16H,4-5,8-10,14H2,1H3. The number of hydrogen-bond donors (Lipinski definition) is 2. The SMILES string of the molecule is CN(Cc1ccccc1O)C(=O)CCCCN. The molecule has 94 valence electrons. The molecule has 0 heterocycles. The molecular formula is C13H20N2O2. The third-order valence-corrected chi connectivity index (χ3v) is 2.67. The van der Waals surface area contributed by atoms with E-state index >= 15 is 0 Å². The lowest BCUT2D eigenvalue weighted by molar-refractivity contribution is -0.130. The van der Waals surface area contributed by atoms with E-state index in [1.165, 1.54) is 0 Å². The Bertz CT molecular complexity index is 366. The van der Waals surface area contributed by atoms with E-state index < -0.39 is 0 Å². The number of nitrogens with two attached hydrogens (primary N) is 1. The summed E-state index contributed by atoms with van der Waals surface area (Å²) in [5.41, 5.74) is 6.14. The van der Waals surface area contributed by atoms with E-state index in [9.17, 15) is 9.90 Å². The maximum absolute atomic E-state index is 11.7. The van der Waals surface area contributed by atoms with Crippen LogP contribution in [0.5, 0.6) is 5.75 Å². The van der Waals surface area contributed by atoms with Gasteiger partial charge in [0.25, 0.3) is 0 Å². The van der Waals surface area contributed by atoms with Crippen LogP contribution in [-0.2, 0) is 11.3 Å². The third-order valence-electron chi connectivity index (χ3n) is 2.67. The molecule has 4 nitrogen and oxygen atoms in total. The number of carbonyl (C=O) groups excluding carboxylic acids is 1. The first kappa shape index (κ1) is 13.5. The Labute approximate surface area is 102 Å². The fraction of sp³-hybridized carbons (Fsp3) is 0.462. The Morgan fingerprint density at radius 1 is 1.35 bits per heavy atom. The fourth-order valence-electron chi connectivity index (χ4n) is 1.60. The van der Waals surface area contributed by atoms with Crippen LogP contribution in [0.1, 0.15) is 24.8 Å². The van der Waals surface area contributed by atoms with E-state index in [-0.39, 0.29) is 11.7 Å². The number of phenolic OH excluding ortho intramolecular Hbond substituents is 1. The first-order chi connectivity index (χ1) is 8.15. The maximum Gasteiger partial charge on any atom is 0.222 e. The number of amides is 1. The minimum Gasteiger partial charge on any atom is -0.508 e. The number of aromatic hydroxyl groups is 1. The number of para-hydroxylation sites is 1. The minimum absolute atomic E-state index is 0.0849. The highest BCUT2D eigenvalue weighted by molar-refractivity contribution is 5.75. The maximum atomic E-state index is 11.7. The van der Waals surface area contributed by atoms with Crippen molar-refractivity contribution < 1.29 is 9.90 Å². The van der Waals surface area contributed by atoms with Gasteiger partial charge in [0.05, 0.1) is 0 Å². The summed E-state index contributed by atoms with van der Waals surface area (Å²) >= 11 is 0. The molecule has 0 spiro atoms. The molecule has 0 atom stereocenters. The van der Waals surface area contributed by atoms with E-state index in [1.807, 2.05) is 12.1 Å². The molecule has 0 radical (unpaired) electrons. The Kier molecular flexibility index (Phi) is 5.49. The van der Waals surface area contributed by atoms with Crippen molar-refractivity contribution in [2.45, 2.75) is 25.8 Å². The van der Waals surface area contributed by atoms with Gasteiger partial charge in [-0.05, 0) is 25.5 Å². The summed E-state index contributed by atoms with van der Waals surface area (Å²) in [6.45, 7) is 1.06. The summed E-state index contributed by atoms with van der Waals surface area (Å²) in [4.78, 5) is 13.4. The minimum atomic E-state index is 0.0849. The molecule has 17 heavy (non-hydrogen) atoms. The van der Waals surface area contributed by atoms with Gasteiger partial charge in [-0.3, -0.25) is 4.79 Å². The van der Waals surface area contributed by atoms with Gasteiger partial charge in [0, 0.05) is 25.6 Å². The van der Waals surface area contributed by atoms with Crippen LogP contribution in [0, 0.1) is 0 Å². The molecule has 1 rings (SSSR count). The summed E-state index contributed by atoms with van der Waals surface area (Å²) in [6.07, 6.45) is 2.21. The van der Waals surface area contributed by atoms with Crippen molar-refractivity contribution in [2.24, 2.45) is 5.73 Å². The van der Waals surface area contributed by atoms with E-state index in [0.29, 0.717) is 19.5 Å². The molecule has 0 aliphatic rings. The van der Waals surface area contributed by atoms with Crippen molar-refractivity contribution in [1.82, 2.24) is 4.90 Å². The van der Waals surface area contributed by atoms with E-state index in [2.05, 4.69) is 0 Å². The predicted molar refractivity (Wildman–Crippen MR) is 67.5 cm³/mol. The zero-order valence-corrected chi connectivity index (χ0v) is 10.2. The van der Waals surface area contributed by atoms with Gasteiger partial charge in [-0.15, -0.1) is 0 Å². The summed E-state index contributed by atoms with van der Waals surface area (Å²) in [6, 6.07) is 7.06. The molecule has 1 aromatic rings. The smallest absolute Gasteiger partial charge is 0.222 e. The van der Waals surface area contributed by atoms with Crippen LogP contribution in [-0.4, -0.2) is 29.5 Å². The van der Waals surface area contributed by atoms with Gasteiger partial charge >= 0.3 is 0 Å². The van der Waals surface area contributed by atoms with Crippen LogP contribution in [0.4, 0.5) is 0 Å². The Hall–Kier alpha value is -1.55. The van der Waals surface area contributed by atoms with Crippen molar-refractivity contribution in [2.75, 3.05) is 13.6 Å². The van der Waals surface area contributed by atoms with Gasteiger partial charge in [0.1, 0.15) is 5.75 Å². The lowest BCUT2D eigenvalue weighted by Crippen LogP contribution is -2.26. The van der Waals surface area contributed by atoms with E-state index in [1.54, 1.807) is 24.1 Å². The van der Waals surface area contributed by atoms with E-state index in [0.717, 1.165) is 18.4 Å². The molecule has 0 fully saturated rings. The van der Waals surface area contributed by atoms with Gasteiger partial charge < -0.3 is 15.7 Å². The van der Waals surface area contributed by atoms with Gasteiger partial charge in [-0.2, -0.15) is 0 Å². The second-order valence-corrected chi connectivity index (χ2v) is 4.12. The van der Waals surface area contributed by atoms with Gasteiger partial charge in [-0.25, -0.2) is 0 Å². The molecule has 0 bridgehead atoms. The summed E-state index contributed by atoms with van der Waals surface area (Å²) in [7, 11) is 1.75. The number of phenols is 1. The van der Waals surface area contributed by atoms with Crippen LogP contribution in [0.3, 0.4) is 0 Å². The molecular weight excluding hydrogens is 216 g/mol.